The van der Waals surface area contributed by atoms with Crippen LogP contribution in [0.15, 0.2) is 97.1 Å². The summed E-state index contributed by atoms with van der Waals surface area (Å²) >= 11 is 0. The number of carbonyl (C=O) groups excluding carboxylic acids is 4. The number of benzene rings is 4. The summed E-state index contributed by atoms with van der Waals surface area (Å²) in [5.41, 5.74) is 2.27. The van der Waals surface area contributed by atoms with E-state index in [1.165, 1.54) is 19.1 Å². The molecule has 1 atom stereocenters. The molecule has 10 nitrogen and oxygen atoms in total. The molecule has 0 bridgehead atoms. The highest BCUT2D eigenvalue weighted by atomic mass is 16.5. The number of Topliss-reactive ketones (excluding diaryl/α,β-unsaturated/α-hetero) is 1. The van der Waals surface area contributed by atoms with Crippen molar-refractivity contribution in [3.8, 4) is 17.2 Å². The van der Waals surface area contributed by atoms with Gasteiger partial charge in [0.15, 0.2) is 11.5 Å². The molecule has 0 fully saturated rings. The lowest BCUT2D eigenvalue weighted by Gasteiger charge is -2.33. The van der Waals surface area contributed by atoms with Crippen molar-refractivity contribution < 1.29 is 33.4 Å². The fourth-order valence-corrected chi connectivity index (χ4v) is 5.12. The number of nitrogens with one attached hydrogen (secondary N) is 1. The Morgan fingerprint density at radius 1 is 0.795 bits per heavy atom. The zero-order valence-electron chi connectivity index (χ0n) is 24.5. The van der Waals surface area contributed by atoms with Crippen LogP contribution in [0.5, 0.6) is 17.2 Å². The summed E-state index contributed by atoms with van der Waals surface area (Å²) in [7, 11) is 4.53. The lowest BCUT2D eigenvalue weighted by molar-refractivity contribution is -0.139. The molecule has 44 heavy (non-hydrogen) atoms. The van der Waals surface area contributed by atoms with E-state index in [0.29, 0.717) is 34.2 Å². The van der Waals surface area contributed by atoms with E-state index in [1.54, 1.807) is 73.8 Å². The molecule has 4 aromatic carbocycles. The molecule has 0 spiro atoms. The van der Waals surface area contributed by atoms with Gasteiger partial charge in [-0.1, -0.05) is 48.5 Å². The van der Waals surface area contributed by atoms with E-state index in [9.17, 15) is 19.2 Å². The average molecular weight is 594 g/mol. The molecular formula is C34H31N3O7. The predicted octanol–water partition coefficient (Wildman–Crippen LogP) is 4.65. The largest absolute Gasteiger partial charge is 0.497 e. The number of carbonyl (C=O) groups is 4. The molecule has 1 aliphatic heterocycles. The van der Waals surface area contributed by atoms with Gasteiger partial charge in [-0.3, -0.25) is 24.1 Å². The van der Waals surface area contributed by atoms with Gasteiger partial charge in [-0.2, -0.15) is 0 Å². The third-order valence-corrected chi connectivity index (χ3v) is 7.33. The SMILES string of the molecule is COc1ccc(NC(=O)[C@@H](c2ccc(OC)c(OC)c2)N(Cc2ccccc2)C(=O)CN2C(=O)C(=O)c3ccccc32)cc1. The van der Waals surface area contributed by atoms with Crippen LogP contribution in [0.3, 0.4) is 0 Å². The highest BCUT2D eigenvalue weighted by Crippen LogP contribution is 2.35. The number of anilines is 2. The first-order valence-corrected chi connectivity index (χ1v) is 13.8. The number of ketones is 1. The Labute approximate surface area is 254 Å². The normalized spacial score (nSPS) is 12.8. The first-order valence-electron chi connectivity index (χ1n) is 13.8. The number of rotatable bonds is 11. The van der Waals surface area contributed by atoms with E-state index >= 15 is 0 Å². The van der Waals surface area contributed by atoms with Gasteiger partial charge < -0.3 is 24.4 Å². The van der Waals surface area contributed by atoms with Crippen molar-refractivity contribution in [1.29, 1.82) is 0 Å². The minimum absolute atomic E-state index is 0.0341. The Kier molecular flexibility index (Phi) is 8.90. The van der Waals surface area contributed by atoms with E-state index in [2.05, 4.69) is 5.32 Å². The number of methoxy groups -OCH3 is 3. The van der Waals surface area contributed by atoms with E-state index in [-0.39, 0.29) is 12.1 Å². The van der Waals surface area contributed by atoms with Gasteiger partial charge in [0.05, 0.1) is 32.6 Å². The van der Waals surface area contributed by atoms with Crippen LogP contribution in [0.25, 0.3) is 0 Å². The van der Waals surface area contributed by atoms with Crippen LogP contribution in [-0.4, -0.2) is 56.3 Å². The maximum atomic E-state index is 14.3. The van der Waals surface area contributed by atoms with Gasteiger partial charge in [-0.05, 0) is 59.7 Å². The van der Waals surface area contributed by atoms with Crippen molar-refractivity contribution in [2.75, 3.05) is 38.1 Å². The van der Waals surface area contributed by atoms with Crippen LogP contribution in [0.4, 0.5) is 11.4 Å². The Balaban J connectivity index is 1.58. The second kappa shape index (κ2) is 13.1. The fourth-order valence-electron chi connectivity index (χ4n) is 5.12. The number of fused-ring (bicyclic) bond motifs is 1. The summed E-state index contributed by atoms with van der Waals surface area (Å²) in [5, 5.41) is 2.91. The fraction of sp³-hybridized carbons (Fsp3) is 0.176. The highest BCUT2D eigenvalue weighted by Gasteiger charge is 2.39. The van der Waals surface area contributed by atoms with Crippen LogP contribution in [0.2, 0.25) is 0 Å². The third kappa shape index (κ3) is 6.10. The first-order chi connectivity index (χ1) is 21.3. The van der Waals surface area contributed by atoms with Crippen molar-refractivity contribution >= 4 is 34.9 Å². The zero-order chi connectivity index (χ0) is 31.2. The Morgan fingerprint density at radius 3 is 2.16 bits per heavy atom. The number of ether oxygens (including phenoxy) is 3. The summed E-state index contributed by atoms with van der Waals surface area (Å²) in [6.07, 6.45) is 0. The van der Waals surface area contributed by atoms with Gasteiger partial charge in [0.1, 0.15) is 18.3 Å². The highest BCUT2D eigenvalue weighted by molar-refractivity contribution is 6.52. The molecule has 4 aromatic rings. The summed E-state index contributed by atoms with van der Waals surface area (Å²) in [6.45, 7) is -0.416. The van der Waals surface area contributed by atoms with Gasteiger partial charge in [0.25, 0.3) is 17.6 Å². The van der Waals surface area contributed by atoms with Crippen LogP contribution in [0.1, 0.15) is 27.5 Å². The van der Waals surface area contributed by atoms with Gasteiger partial charge >= 0.3 is 0 Å². The summed E-state index contributed by atoms with van der Waals surface area (Å²) in [4.78, 5) is 56.7. The number of para-hydroxylation sites is 1. The lowest BCUT2D eigenvalue weighted by atomic mass is 10.0. The standard InChI is InChI=1S/C34H31N3O7/c1-42-25-16-14-24(15-17-25)35-33(40)31(23-13-18-28(43-2)29(19-23)44-3)37(20-22-9-5-4-6-10-22)30(38)21-36-27-12-8-7-11-26(27)32(39)34(36)41/h4-19,31H,20-21H2,1-3H3,(H,35,40)/t31-/m1/s1. The molecular weight excluding hydrogens is 562 g/mol. The average Bonchev–Trinajstić information content (AvgIpc) is 3.29. The Morgan fingerprint density at radius 2 is 1.48 bits per heavy atom. The molecule has 5 rings (SSSR count). The van der Waals surface area contributed by atoms with E-state index in [4.69, 9.17) is 14.2 Å². The van der Waals surface area contributed by atoms with Crippen LogP contribution >= 0.6 is 0 Å². The van der Waals surface area contributed by atoms with Crippen molar-refractivity contribution in [2.45, 2.75) is 12.6 Å². The monoisotopic (exact) mass is 593 g/mol. The molecule has 1 aliphatic rings. The maximum Gasteiger partial charge on any atom is 0.299 e. The number of amides is 3. The molecule has 0 saturated carbocycles. The van der Waals surface area contributed by atoms with Crippen molar-refractivity contribution in [3.63, 3.8) is 0 Å². The Hall–Kier alpha value is -5.64. The summed E-state index contributed by atoms with van der Waals surface area (Å²) < 4.78 is 16.2. The molecule has 0 aromatic heterocycles. The van der Waals surface area contributed by atoms with E-state index < -0.39 is 36.1 Å². The van der Waals surface area contributed by atoms with Crippen molar-refractivity contribution in [1.82, 2.24) is 4.90 Å². The molecule has 3 amide bonds. The van der Waals surface area contributed by atoms with Crippen LogP contribution < -0.4 is 24.4 Å². The second-order valence-electron chi connectivity index (χ2n) is 9.98. The molecule has 0 radical (unpaired) electrons. The van der Waals surface area contributed by atoms with E-state index in [1.807, 2.05) is 30.3 Å². The van der Waals surface area contributed by atoms with Crippen LogP contribution in [-0.2, 0) is 20.9 Å². The number of nitrogens with zero attached hydrogens (tertiary/aromatic N) is 2. The molecule has 1 heterocycles. The van der Waals surface area contributed by atoms with Gasteiger partial charge in [0, 0.05) is 12.2 Å². The first kappa shape index (κ1) is 29.8. The van der Waals surface area contributed by atoms with Gasteiger partial charge in [-0.15, -0.1) is 0 Å². The number of hydrogen-bond acceptors (Lipinski definition) is 7. The quantitative estimate of drug-likeness (QED) is 0.252. The third-order valence-electron chi connectivity index (χ3n) is 7.33. The second-order valence-corrected chi connectivity index (χ2v) is 9.98. The molecule has 224 valence electrons. The smallest absolute Gasteiger partial charge is 0.299 e. The molecule has 10 heteroatoms. The van der Waals surface area contributed by atoms with Crippen molar-refractivity contribution in [2.24, 2.45) is 0 Å². The minimum atomic E-state index is -1.17. The Bertz CT molecular complexity index is 1690. The maximum absolute atomic E-state index is 14.3. The van der Waals surface area contributed by atoms with E-state index in [0.717, 1.165) is 10.5 Å². The summed E-state index contributed by atoms with van der Waals surface area (Å²) in [6, 6.07) is 26.3. The van der Waals surface area contributed by atoms with Gasteiger partial charge in [0.2, 0.25) is 5.91 Å². The molecule has 0 saturated heterocycles. The van der Waals surface area contributed by atoms with Gasteiger partial charge in [-0.25, -0.2) is 0 Å². The molecule has 1 N–H and O–H groups in total. The molecule has 0 unspecified atom stereocenters. The minimum Gasteiger partial charge on any atom is -0.497 e. The van der Waals surface area contributed by atoms with Crippen molar-refractivity contribution in [3.05, 3.63) is 114 Å². The predicted molar refractivity (Wildman–Crippen MR) is 164 cm³/mol. The number of hydrogen-bond donors (Lipinski definition) is 1. The van der Waals surface area contributed by atoms with Crippen LogP contribution in [0, 0.1) is 0 Å². The summed E-state index contributed by atoms with van der Waals surface area (Å²) in [5.74, 6) is -1.10. The zero-order valence-corrected chi connectivity index (χ0v) is 24.5. The molecule has 0 aliphatic carbocycles. The lowest BCUT2D eigenvalue weighted by Crippen LogP contribution is -2.46. The topological polar surface area (TPSA) is 114 Å².